The van der Waals surface area contributed by atoms with E-state index in [1.54, 1.807) is 30.3 Å². The molecular formula is C21H16Cl2N2O4. The molecule has 0 aliphatic carbocycles. The minimum absolute atomic E-state index is 0.0115. The van der Waals surface area contributed by atoms with Crippen LogP contribution >= 0.6 is 23.2 Å². The summed E-state index contributed by atoms with van der Waals surface area (Å²) in [5, 5.41) is 3.19. The van der Waals surface area contributed by atoms with Crippen LogP contribution < -0.4 is 10.3 Å². The summed E-state index contributed by atoms with van der Waals surface area (Å²) in [6.07, 6.45) is 1.31. The topological polar surface area (TPSA) is 77.7 Å². The van der Waals surface area contributed by atoms with E-state index in [2.05, 4.69) is 5.18 Å². The van der Waals surface area contributed by atoms with Crippen molar-refractivity contribution in [3.63, 3.8) is 0 Å². The Morgan fingerprint density at radius 3 is 2.48 bits per heavy atom. The van der Waals surface area contributed by atoms with Gasteiger partial charge in [0.15, 0.2) is 0 Å². The molecule has 0 aliphatic heterocycles. The summed E-state index contributed by atoms with van der Waals surface area (Å²) in [5.41, 5.74) is 1.87. The smallest absolute Gasteiger partial charge is 0.269 e. The average Bonchev–Trinajstić information content (AvgIpc) is 2.75. The number of halogens is 2. The number of aldehydes is 1. The van der Waals surface area contributed by atoms with E-state index >= 15 is 0 Å². The van der Waals surface area contributed by atoms with Gasteiger partial charge in [0.2, 0.25) is 0 Å². The first-order valence-corrected chi connectivity index (χ1v) is 9.45. The highest BCUT2D eigenvalue weighted by atomic mass is 35.5. The fourth-order valence-electron chi connectivity index (χ4n) is 2.81. The monoisotopic (exact) mass is 430 g/mol. The van der Waals surface area contributed by atoms with Crippen LogP contribution in [0.2, 0.25) is 10.0 Å². The van der Waals surface area contributed by atoms with Crippen molar-refractivity contribution in [1.29, 1.82) is 0 Å². The third-order valence-electron chi connectivity index (χ3n) is 4.34. The Hall–Kier alpha value is -2.96. The van der Waals surface area contributed by atoms with Gasteiger partial charge < -0.3 is 9.30 Å². The first kappa shape index (κ1) is 20.8. The summed E-state index contributed by atoms with van der Waals surface area (Å²) in [7, 11) is 0. The molecule has 6 nitrogen and oxygen atoms in total. The number of nitroso groups, excluding NO2 is 1. The minimum atomic E-state index is -0.373. The maximum Gasteiger partial charge on any atom is 0.269 e. The summed E-state index contributed by atoms with van der Waals surface area (Å²) >= 11 is 12.3. The molecule has 1 aromatic heterocycles. The average molecular weight is 431 g/mol. The highest BCUT2D eigenvalue weighted by molar-refractivity contribution is 6.34. The molecule has 0 aliphatic rings. The lowest BCUT2D eigenvalue weighted by atomic mass is 10.1. The van der Waals surface area contributed by atoms with Crippen molar-refractivity contribution in [2.75, 3.05) is 0 Å². The van der Waals surface area contributed by atoms with Gasteiger partial charge in [-0.2, -0.15) is 0 Å². The van der Waals surface area contributed by atoms with Crippen molar-refractivity contribution >= 4 is 35.2 Å². The molecule has 0 radical (unpaired) electrons. The molecule has 0 saturated heterocycles. The molecule has 8 heteroatoms. The van der Waals surface area contributed by atoms with E-state index < -0.39 is 0 Å². The molecule has 3 aromatic rings. The second kappa shape index (κ2) is 9.49. The predicted molar refractivity (Wildman–Crippen MR) is 112 cm³/mol. The Morgan fingerprint density at radius 1 is 1.03 bits per heavy atom. The Balaban J connectivity index is 1.83. The van der Waals surface area contributed by atoms with Crippen molar-refractivity contribution in [1.82, 2.24) is 4.57 Å². The second-order valence-corrected chi connectivity index (χ2v) is 7.04. The molecule has 3 rings (SSSR count). The molecule has 148 valence electrons. The van der Waals surface area contributed by atoms with Crippen LogP contribution in [0, 0.1) is 4.91 Å². The summed E-state index contributed by atoms with van der Waals surface area (Å²) in [6, 6.07) is 14.9. The molecule has 0 spiro atoms. The lowest BCUT2D eigenvalue weighted by Gasteiger charge is -2.16. The molecule has 0 amide bonds. The number of carbonyl (C=O) groups excluding carboxylic acids is 1. The van der Waals surface area contributed by atoms with Gasteiger partial charge in [0.25, 0.3) is 5.56 Å². The van der Waals surface area contributed by atoms with Gasteiger partial charge in [0.05, 0.1) is 10.7 Å². The highest BCUT2D eigenvalue weighted by Gasteiger charge is 2.14. The van der Waals surface area contributed by atoms with Gasteiger partial charge >= 0.3 is 0 Å². The van der Waals surface area contributed by atoms with Gasteiger partial charge in [-0.1, -0.05) is 53.5 Å². The van der Waals surface area contributed by atoms with Gasteiger partial charge in [0.1, 0.15) is 29.4 Å². The number of rotatable bonds is 8. The van der Waals surface area contributed by atoms with Crippen LogP contribution in [0.5, 0.6) is 5.75 Å². The van der Waals surface area contributed by atoms with E-state index in [0.717, 1.165) is 11.8 Å². The van der Waals surface area contributed by atoms with Crippen LogP contribution in [0.25, 0.3) is 0 Å². The summed E-state index contributed by atoms with van der Waals surface area (Å²) in [5.74, 6) is 0.427. The molecule has 0 unspecified atom stereocenters. The van der Waals surface area contributed by atoms with E-state index in [4.69, 9.17) is 27.9 Å². The normalized spacial score (nSPS) is 10.6. The van der Waals surface area contributed by atoms with E-state index in [-0.39, 0.29) is 22.9 Å². The van der Waals surface area contributed by atoms with Crippen molar-refractivity contribution in [2.45, 2.75) is 19.6 Å². The third kappa shape index (κ3) is 5.10. The summed E-state index contributed by atoms with van der Waals surface area (Å²) in [6.45, 7) is 0.339. The first-order valence-electron chi connectivity index (χ1n) is 8.70. The fourth-order valence-corrected chi connectivity index (χ4v) is 3.34. The standard InChI is InChI=1S/C21H16Cl2N2O4/c22-18-11-19(23)21(27)25(9-8-14-4-6-15(12-26)7-5-14)20(18)13-29-17-3-1-2-16(10-17)24-28/h1-7,10-12H,8-9,13H2. The van der Waals surface area contributed by atoms with Crippen LogP contribution in [-0.2, 0) is 19.6 Å². The molecular weight excluding hydrogens is 415 g/mol. The number of carbonyl (C=O) groups is 1. The van der Waals surface area contributed by atoms with Gasteiger partial charge in [-0.15, -0.1) is 4.91 Å². The summed E-state index contributed by atoms with van der Waals surface area (Å²) < 4.78 is 7.18. The number of ether oxygens (including phenoxy) is 1. The number of pyridine rings is 1. The quantitative estimate of drug-likeness (QED) is 0.363. The van der Waals surface area contributed by atoms with Crippen molar-refractivity contribution < 1.29 is 9.53 Å². The highest BCUT2D eigenvalue weighted by Crippen LogP contribution is 2.23. The molecule has 0 fully saturated rings. The van der Waals surface area contributed by atoms with Gasteiger partial charge in [-0.25, -0.2) is 0 Å². The van der Waals surface area contributed by atoms with Crippen molar-refractivity contribution in [3.05, 3.63) is 96.7 Å². The van der Waals surface area contributed by atoms with E-state index in [1.807, 2.05) is 12.1 Å². The number of aromatic nitrogens is 1. The van der Waals surface area contributed by atoms with E-state index in [1.165, 1.54) is 16.7 Å². The summed E-state index contributed by atoms with van der Waals surface area (Å²) in [4.78, 5) is 34.0. The molecule has 1 heterocycles. The van der Waals surface area contributed by atoms with Gasteiger partial charge in [-0.05, 0) is 35.4 Å². The van der Waals surface area contributed by atoms with Crippen LogP contribution in [0.1, 0.15) is 21.6 Å². The maximum atomic E-state index is 12.6. The molecule has 0 bridgehead atoms. The molecule has 29 heavy (non-hydrogen) atoms. The Bertz CT molecular complexity index is 1090. The molecule has 2 aromatic carbocycles. The maximum absolute atomic E-state index is 12.6. The predicted octanol–water partition coefficient (Wildman–Crippen LogP) is 5.19. The molecule has 0 saturated carbocycles. The molecule has 0 atom stereocenters. The first-order chi connectivity index (χ1) is 14.0. The van der Waals surface area contributed by atoms with E-state index in [9.17, 15) is 14.5 Å². The van der Waals surface area contributed by atoms with Gasteiger partial charge in [-0.3, -0.25) is 9.59 Å². The SMILES string of the molecule is O=Cc1ccc(CCn2c(COc3cccc(N=O)c3)c(Cl)cc(Cl)c2=O)cc1. The minimum Gasteiger partial charge on any atom is -0.487 e. The lowest BCUT2D eigenvalue weighted by molar-refractivity contribution is 0.112. The van der Waals surface area contributed by atoms with Crippen molar-refractivity contribution in [2.24, 2.45) is 5.18 Å². The van der Waals surface area contributed by atoms with Crippen LogP contribution in [-0.4, -0.2) is 10.9 Å². The fraction of sp³-hybridized carbons (Fsp3) is 0.143. The zero-order chi connectivity index (χ0) is 20.8. The molecule has 0 N–H and O–H groups in total. The van der Waals surface area contributed by atoms with E-state index in [0.29, 0.717) is 35.0 Å². The Kier molecular flexibility index (Phi) is 6.80. The van der Waals surface area contributed by atoms with Crippen LogP contribution in [0.4, 0.5) is 5.69 Å². The van der Waals surface area contributed by atoms with Crippen LogP contribution in [0.15, 0.2) is 64.6 Å². The number of hydrogen-bond acceptors (Lipinski definition) is 5. The zero-order valence-electron chi connectivity index (χ0n) is 15.2. The second-order valence-electron chi connectivity index (χ2n) is 6.23. The number of benzene rings is 2. The number of hydrogen-bond donors (Lipinski definition) is 0. The zero-order valence-corrected chi connectivity index (χ0v) is 16.7. The number of aryl methyl sites for hydroxylation is 1. The van der Waals surface area contributed by atoms with Crippen molar-refractivity contribution in [3.8, 4) is 5.75 Å². The lowest BCUT2D eigenvalue weighted by Crippen LogP contribution is -2.26. The number of nitrogens with zero attached hydrogens (tertiary/aromatic N) is 2. The Labute approximate surface area is 176 Å². The Morgan fingerprint density at radius 2 is 1.79 bits per heavy atom. The van der Waals surface area contributed by atoms with Crippen LogP contribution in [0.3, 0.4) is 0 Å². The largest absolute Gasteiger partial charge is 0.487 e. The third-order valence-corrected chi connectivity index (χ3v) is 4.94. The van der Waals surface area contributed by atoms with Gasteiger partial charge in [0, 0.05) is 18.2 Å².